The number of aromatic nitrogens is 4. The molecule has 2 aromatic heterocycles. The third-order valence-corrected chi connectivity index (χ3v) is 8.14. The smallest absolute Gasteiger partial charge is 0.476 e. The first kappa shape index (κ1) is 25.9. The average Bonchev–Trinajstić information content (AvgIpc) is 3.52. The first-order valence-electron chi connectivity index (χ1n) is 12.2. The van der Waals surface area contributed by atoms with Crippen molar-refractivity contribution in [2.75, 3.05) is 25.6 Å². The molecule has 3 aliphatic rings. The number of phosphoric acid groups is 1. The summed E-state index contributed by atoms with van der Waals surface area (Å²) in [5.41, 5.74) is 5.66. The molecule has 0 saturated carbocycles. The minimum atomic E-state index is -4.07. The Balaban J connectivity index is 1.24. The molecule has 0 amide bonds. The van der Waals surface area contributed by atoms with Gasteiger partial charge in [-0.05, 0) is 31.5 Å². The molecule has 14 nitrogen and oxygen atoms in total. The molecule has 208 valence electrons. The number of imidazole rings is 1. The molecule has 5 heterocycles. The molecule has 0 unspecified atom stereocenters. The fourth-order valence-corrected chi connectivity index (χ4v) is 6.35. The van der Waals surface area contributed by atoms with Crippen LogP contribution in [0.5, 0.6) is 5.88 Å². The first-order valence-corrected chi connectivity index (χ1v) is 13.7. The third kappa shape index (κ3) is 4.59. The molecule has 3 aliphatic heterocycles. The van der Waals surface area contributed by atoms with E-state index in [1.165, 1.54) is 29.1 Å². The van der Waals surface area contributed by atoms with Gasteiger partial charge in [0.1, 0.15) is 11.9 Å². The number of nitrogen functional groups attached to an aromatic ring is 1. The average molecular weight is 565 g/mol. The van der Waals surface area contributed by atoms with Crippen molar-refractivity contribution in [1.29, 1.82) is 0 Å². The second kappa shape index (κ2) is 9.68. The highest BCUT2D eigenvalue weighted by molar-refractivity contribution is 7.48. The van der Waals surface area contributed by atoms with E-state index in [-0.39, 0.29) is 30.7 Å². The molecule has 3 fully saturated rings. The van der Waals surface area contributed by atoms with Crippen LogP contribution in [-0.2, 0) is 32.3 Å². The molecule has 6 rings (SSSR count). The third-order valence-electron chi connectivity index (χ3n) is 6.67. The number of fused-ring (bicyclic) bond motifs is 2. The van der Waals surface area contributed by atoms with Gasteiger partial charge in [0, 0.05) is 6.42 Å². The van der Waals surface area contributed by atoms with Gasteiger partial charge >= 0.3 is 14.0 Å². The summed E-state index contributed by atoms with van der Waals surface area (Å²) in [5, 5.41) is 0. The van der Waals surface area contributed by atoms with Crippen LogP contribution in [0.2, 0.25) is 0 Å². The molecule has 0 spiro atoms. The standard InChI is InChI=1S/C23H25FN5O9P/c1-3-32-19-16-18(27-21(25)28-19)29(11-26-16)20-23(2)17(36-22(30)37-23)15(35-20)10-34-39(31)33-8-7-14(38-39)12-5-4-6-13(24)9-12/h4-6,9,11,14-15,17,20H,3,7-8,10H2,1-2H3,(H2,25,27,28)/t14-,15+,17+,20+,23+,39+/m0/s1. The van der Waals surface area contributed by atoms with Crippen LogP contribution in [0, 0.1) is 5.82 Å². The maximum atomic E-state index is 13.7. The monoisotopic (exact) mass is 565 g/mol. The quantitative estimate of drug-likeness (QED) is 0.327. The van der Waals surface area contributed by atoms with Gasteiger partial charge in [-0.1, -0.05) is 12.1 Å². The Morgan fingerprint density at radius 3 is 2.97 bits per heavy atom. The van der Waals surface area contributed by atoms with E-state index in [9.17, 15) is 13.8 Å². The van der Waals surface area contributed by atoms with Crippen LogP contribution in [-0.4, -0.2) is 63.3 Å². The number of nitrogens with two attached hydrogens (primary N) is 1. The normalized spacial score (nSPS) is 32.1. The number of carbonyl (C=O) groups excluding carboxylic acids is 1. The Labute approximate surface area is 221 Å². The summed E-state index contributed by atoms with van der Waals surface area (Å²) in [4.78, 5) is 24.9. The Morgan fingerprint density at radius 1 is 1.33 bits per heavy atom. The highest BCUT2D eigenvalue weighted by Gasteiger charge is 2.64. The lowest BCUT2D eigenvalue weighted by atomic mass is 9.96. The van der Waals surface area contributed by atoms with Gasteiger partial charge in [0.05, 0.1) is 32.3 Å². The van der Waals surface area contributed by atoms with E-state index in [0.29, 0.717) is 24.1 Å². The Bertz CT molecular complexity index is 1470. The van der Waals surface area contributed by atoms with Gasteiger partial charge < -0.3 is 24.7 Å². The van der Waals surface area contributed by atoms with Gasteiger partial charge in [-0.25, -0.2) is 18.7 Å². The maximum absolute atomic E-state index is 13.7. The highest BCUT2D eigenvalue weighted by atomic mass is 31.2. The molecular formula is C23H25FN5O9P. The number of carbonyl (C=O) groups is 1. The minimum Gasteiger partial charge on any atom is -0.476 e. The molecule has 16 heteroatoms. The summed E-state index contributed by atoms with van der Waals surface area (Å²) in [7, 11) is -4.07. The van der Waals surface area contributed by atoms with Crippen molar-refractivity contribution < 1.29 is 46.3 Å². The molecule has 3 saturated heterocycles. The number of nitrogens with zero attached hydrogens (tertiary/aromatic N) is 4. The first-order chi connectivity index (χ1) is 18.7. The molecule has 6 atom stereocenters. The van der Waals surface area contributed by atoms with Crippen LogP contribution in [0.4, 0.5) is 15.1 Å². The number of hydrogen-bond donors (Lipinski definition) is 1. The van der Waals surface area contributed by atoms with E-state index in [1.807, 2.05) is 0 Å². The molecule has 1 aromatic carbocycles. The lowest BCUT2D eigenvalue weighted by molar-refractivity contribution is -0.0925. The summed E-state index contributed by atoms with van der Waals surface area (Å²) < 4.78 is 67.8. The number of hydrogen-bond acceptors (Lipinski definition) is 13. The predicted octanol–water partition coefficient (Wildman–Crippen LogP) is 3.44. The van der Waals surface area contributed by atoms with Crippen molar-refractivity contribution in [2.24, 2.45) is 0 Å². The summed E-state index contributed by atoms with van der Waals surface area (Å²) in [6.45, 7) is 3.47. The largest absolute Gasteiger partial charge is 0.509 e. The van der Waals surface area contributed by atoms with Crippen molar-refractivity contribution in [1.82, 2.24) is 19.5 Å². The van der Waals surface area contributed by atoms with Crippen LogP contribution in [0.25, 0.3) is 11.2 Å². The Morgan fingerprint density at radius 2 is 2.18 bits per heavy atom. The summed E-state index contributed by atoms with van der Waals surface area (Å²) in [6.07, 6.45) is -2.69. The second-order valence-electron chi connectivity index (χ2n) is 9.26. The predicted molar refractivity (Wildman–Crippen MR) is 129 cm³/mol. The zero-order valence-corrected chi connectivity index (χ0v) is 21.8. The maximum Gasteiger partial charge on any atom is 0.509 e. The fourth-order valence-electron chi connectivity index (χ4n) is 4.95. The molecule has 2 N–H and O–H groups in total. The van der Waals surface area contributed by atoms with E-state index < -0.39 is 49.9 Å². The number of halogens is 1. The van der Waals surface area contributed by atoms with Gasteiger partial charge in [0.2, 0.25) is 11.8 Å². The van der Waals surface area contributed by atoms with E-state index in [0.717, 1.165) is 0 Å². The van der Waals surface area contributed by atoms with Crippen LogP contribution in [0.3, 0.4) is 0 Å². The SMILES string of the molecule is CCOc1nc(N)nc2c1ncn2[C@@H]1O[C@H](CO[P@@]2(=O)OCC[C@@H](c3cccc(F)c3)O2)[C@H]2OC(=O)O[C@]21C. The second-order valence-corrected chi connectivity index (χ2v) is 10.9. The van der Waals surface area contributed by atoms with Crippen molar-refractivity contribution in [3.63, 3.8) is 0 Å². The molecule has 0 aliphatic carbocycles. The van der Waals surface area contributed by atoms with Crippen LogP contribution < -0.4 is 10.5 Å². The Kier molecular flexibility index (Phi) is 6.43. The van der Waals surface area contributed by atoms with E-state index in [1.54, 1.807) is 19.9 Å². The molecule has 0 bridgehead atoms. The summed E-state index contributed by atoms with van der Waals surface area (Å²) in [5.74, 6) is -0.307. The van der Waals surface area contributed by atoms with E-state index in [2.05, 4.69) is 15.0 Å². The number of benzene rings is 1. The fraction of sp³-hybridized carbons (Fsp3) is 0.478. The van der Waals surface area contributed by atoms with E-state index >= 15 is 0 Å². The zero-order chi connectivity index (χ0) is 27.4. The van der Waals surface area contributed by atoms with Gasteiger partial charge in [0.25, 0.3) is 0 Å². The van der Waals surface area contributed by atoms with Crippen LogP contribution in [0.1, 0.15) is 38.2 Å². The number of rotatable bonds is 7. The van der Waals surface area contributed by atoms with Crippen molar-refractivity contribution >= 4 is 31.1 Å². The summed E-state index contributed by atoms with van der Waals surface area (Å²) >= 11 is 0. The topological polar surface area (TPSA) is 168 Å². The van der Waals surface area contributed by atoms with Crippen LogP contribution in [0.15, 0.2) is 30.6 Å². The molecular weight excluding hydrogens is 540 g/mol. The number of anilines is 1. The van der Waals surface area contributed by atoms with E-state index in [4.69, 9.17) is 38.3 Å². The molecule has 0 radical (unpaired) electrons. The van der Waals surface area contributed by atoms with Crippen molar-refractivity contribution in [3.8, 4) is 5.88 Å². The van der Waals surface area contributed by atoms with Gasteiger partial charge in [-0.15, -0.1) is 0 Å². The zero-order valence-electron chi connectivity index (χ0n) is 20.9. The molecule has 39 heavy (non-hydrogen) atoms. The highest BCUT2D eigenvalue weighted by Crippen LogP contribution is 2.58. The van der Waals surface area contributed by atoms with Gasteiger partial charge in [-0.3, -0.25) is 18.1 Å². The van der Waals surface area contributed by atoms with Crippen molar-refractivity contribution in [3.05, 3.63) is 42.0 Å². The number of ether oxygens (including phenoxy) is 4. The Hall–Kier alpha value is -3.36. The lowest BCUT2D eigenvalue weighted by Gasteiger charge is -2.29. The molecule has 3 aromatic rings. The van der Waals surface area contributed by atoms with Crippen LogP contribution >= 0.6 is 7.82 Å². The summed E-state index contributed by atoms with van der Waals surface area (Å²) in [6, 6.07) is 5.80. The lowest BCUT2D eigenvalue weighted by Crippen LogP contribution is -2.42. The van der Waals surface area contributed by atoms with Gasteiger partial charge in [-0.2, -0.15) is 9.97 Å². The van der Waals surface area contributed by atoms with Crippen molar-refractivity contribution in [2.45, 2.75) is 50.4 Å². The number of phosphoric ester groups is 1. The van der Waals surface area contributed by atoms with Gasteiger partial charge in [0.15, 0.2) is 29.1 Å². The minimum absolute atomic E-state index is 0.0514.